The lowest BCUT2D eigenvalue weighted by Gasteiger charge is -2.14. The highest BCUT2D eigenvalue weighted by Gasteiger charge is 2.17. The lowest BCUT2D eigenvalue weighted by atomic mass is 9.96. The van der Waals surface area contributed by atoms with Crippen LogP contribution in [0.2, 0.25) is 5.02 Å². The van der Waals surface area contributed by atoms with Gasteiger partial charge in [0.15, 0.2) is 0 Å². The van der Waals surface area contributed by atoms with Gasteiger partial charge in [-0.2, -0.15) is 0 Å². The number of aryl methyl sites for hydroxylation is 2. The van der Waals surface area contributed by atoms with E-state index < -0.39 is 0 Å². The van der Waals surface area contributed by atoms with E-state index in [0.29, 0.717) is 33.0 Å². The molecule has 0 spiro atoms. The maximum absolute atomic E-state index is 13.5. The number of allylic oxidation sites excluding steroid dienone is 1. The Morgan fingerprint density at radius 1 is 1.03 bits per heavy atom. The number of carbonyl (C=O) groups is 2. The number of benzene rings is 3. The first kappa shape index (κ1) is 26.8. The molecule has 188 valence electrons. The summed E-state index contributed by atoms with van der Waals surface area (Å²) < 4.78 is 0. The molecule has 8 heteroatoms. The smallest absolute Gasteiger partial charge is 0.256 e. The van der Waals surface area contributed by atoms with Crippen molar-refractivity contribution in [1.82, 2.24) is 10.3 Å². The fraction of sp³-hybridized carbons (Fsp3) is 0.133. The Morgan fingerprint density at radius 2 is 1.74 bits per heavy atom. The lowest BCUT2D eigenvalue weighted by Crippen LogP contribution is -2.28. The van der Waals surface area contributed by atoms with E-state index in [4.69, 9.17) is 29.8 Å². The van der Waals surface area contributed by atoms with Crippen LogP contribution in [0.1, 0.15) is 38.8 Å². The van der Waals surface area contributed by atoms with Gasteiger partial charge in [0.05, 0.1) is 23.3 Å². The number of pyridine rings is 1. The van der Waals surface area contributed by atoms with Crippen molar-refractivity contribution in [2.45, 2.75) is 20.8 Å². The van der Waals surface area contributed by atoms with Gasteiger partial charge in [0, 0.05) is 32.9 Å². The van der Waals surface area contributed by atoms with Crippen molar-refractivity contribution >= 4 is 53.6 Å². The first-order valence-corrected chi connectivity index (χ1v) is 12.4. The van der Waals surface area contributed by atoms with Crippen LogP contribution in [-0.2, 0) is 0 Å². The number of nitrogens with one attached hydrogen (secondary N) is 3. The molecule has 1 heterocycles. The van der Waals surface area contributed by atoms with Gasteiger partial charge in [-0.15, -0.1) is 5.47 Å². The quantitative estimate of drug-likeness (QED) is 0.199. The van der Waals surface area contributed by atoms with Crippen molar-refractivity contribution in [2.75, 3.05) is 11.9 Å². The number of carbonyl (C=O) groups excluding carboxylic acids is 2. The third-order valence-corrected chi connectivity index (χ3v) is 6.22. The third-order valence-electron chi connectivity index (χ3n) is 5.89. The second-order valence-corrected chi connectivity index (χ2v) is 9.55. The topological polar surface area (TPSA) is 94.9 Å². The zero-order valence-electron chi connectivity index (χ0n) is 21.4. The first-order chi connectivity index (χ1) is 18.1. The molecular weight excluding hydrogens is 495 g/mol. The summed E-state index contributed by atoms with van der Waals surface area (Å²) in [6.45, 7) is 5.69. The monoisotopic (exact) mass is 520 g/mol. The maximum Gasteiger partial charge on any atom is 0.256 e. The minimum absolute atomic E-state index is 0.0631. The Hall–Kier alpha value is -4.23. The Morgan fingerprint density at radius 3 is 2.42 bits per heavy atom. The molecule has 0 aliphatic heterocycles. The highest BCUT2D eigenvalue weighted by atomic mass is 35.5. The van der Waals surface area contributed by atoms with Gasteiger partial charge < -0.3 is 16.0 Å². The molecule has 6 nitrogen and oxygen atoms in total. The third kappa shape index (κ3) is 6.18. The van der Waals surface area contributed by atoms with Crippen LogP contribution in [0.15, 0.2) is 78.3 Å². The van der Waals surface area contributed by atoms with Crippen molar-refractivity contribution in [3.05, 3.63) is 106 Å². The number of aromatic nitrogens is 1. The molecule has 2 radical (unpaired) electrons. The normalized spacial score (nSPS) is 11.3. The minimum atomic E-state index is -0.328. The van der Waals surface area contributed by atoms with Crippen LogP contribution in [0, 0.1) is 19.3 Å². The molecule has 4 aromatic rings. The van der Waals surface area contributed by atoms with E-state index in [1.54, 1.807) is 43.3 Å². The molecule has 0 saturated heterocycles. The molecule has 0 aliphatic carbocycles. The standard InChI is InChI=1S/C30H26BClN4O2/c1-17-12-18(2)28-24(13-17)25(15-27(36-28)23-6-4-5-7-26(23)32)30(38)35-22-10-8-20(9-11-22)29(37)34-16-21(33)14-19(3)31/h4-15,33H,16H2,1-3H3,(H,34,37)(H,35,38)/b19-14-,33-21?. The summed E-state index contributed by atoms with van der Waals surface area (Å²) in [5.41, 5.74) is 6.18. The molecular formula is C30H26BClN4O2. The van der Waals surface area contributed by atoms with Gasteiger partial charge in [-0.05, 0) is 61.9 Å². The second-order valence-electron chi connectivity index (χ2n) is 9.14. The molecule has 4 rings (SSSR count). The van der Waals surface area contributed by atoms with Gasteiger partial charge in [0.1, 0.15) is 7.85 Å². The van der Waals surface area contributed by atoms with E-state index in [2.05, 4.69) is 10.6 Å². The van der Waals surface area contributed by atoms with E-state index in [9.17, 15) is 9.59 Å². The molecule has 1 aromatic heterocycles. The molecule has 0 saturated carbocycles. The van der Waals surface area contributed by atoms with E-state index in [1.807, 2.05) is 44.2 Å². The molecule has 2 amide bonds. The number of hydrogen-bond acceptors (Lipinski definition) is 4. The Balaban J connectivity index is 1.61. The average molecular weight is 521 g/mol. The zero-order valence-corrected chi connectivity index (χ0v) is 22.1. The fourth-order valence-electron chi connectivity index (χ4n) is 4.18. The van der Waals surface area contributed by atoms with Gasteiger partial charge in [-0.25, -0.2) is 4.98 Å². The predicted octanol–water partition coefficient (Wildman–Crippen LogP) is 6.25. The van der Waals surface area contributed by atoms with Gasteiger partial charge in [-0.1, -0.05) is 54.4 Å². The first-order valence-electron chi connectivity index (χ1n) is 12.0. The molecule has 3 aromatic carbocycles. The van der Waals surface area contributed by atoms with Crippen molar-refractivity contribution in [3.8, 4) is 11.3 Å². The van der Waals surface area contributed by atoms with Crippen LogP contribution in [-0.4, -0.2) is 36.9 Å². The highest BCUT2D eigenvalue weighted by Crippen LogP contribution is 2.32. The fourth-order valence-corrected chi connectivity index (χ4v) is 4.41. The lowest BCUT2D eigenvalue weighted by molar-refractivity contribution is 0.0958. The van der Waals surface area contributed by atoms with Gasteiger partial charge in [-0.3, -0.25) is 9.59 Å². The van der Waals surface area contributed by atoms with Gasteiger partial charge in [0.25, 0.3) is 11.8 Å². The largest absolute Gasteiger partial charge is 0.346 e. The molecule has 3 N–H and O–H groups in total. The number of nitrogens with zero attached hydrogens (tertiary/aromatic N) is 1. The SMILES string of the molecule is [B]/C(C)=C\C(=N)CNC(=O)c1ccc(NC(=O)c2cc(-c3ccccc3Cl)nc3c(C)cc(C)cc23)cc1. The van der Waals surface area contributed by atoms with Crippen LogP contribution in [0.4, 0.5) is 5.69 Å². The van der Waals surface area contributed by atoms with Crippen LogP contribution >= 0.6 is 11.6 Å². The van der Waals surface area contributed by atoms with E-state index in [1.165, 1.54) is 6.08 Å². The molecule has 0 aliphatic rings. The summed E-state index contributed by atoms with van der Waals surface area (Å²) >= 11 is 6.45. The summed E-state index contributed by atoms with van der Waals surface area (Å²) in [5, 5.41) is 14.7. The number of anilines is 1. The minimum Gasteiger partial charge on any atom is -0.346 e. The Bertz CT molecular complexity index is 1590. The molecule has 38 heavy (non-hydrogen) atoms. The summed E-state index contributed by atoms with van der Waals surface area (Å²) in [5.74, 6) is -0.628. The molecule has 0 fully saturated rings. The zero-order chi connectivity index (χ0) is 27.4. The van der Waals surface area contributed by atoms with Crippen molar-refractivity contribution in [2.24, 2.45) is 0 Å². The number of halogens is 1. The number of hydrogen-bond donors (Lipinski definition) is 3. The van der Waals surface area contributed by atoms with Crippen molar-refractivity contribution in [1.29, 1.82) is 5.41 Å². The van der Waals surface area contributed by atoms with Crippen molar-refractivity contribution in [3.63, 3.8) is 0 Å². The van der Waals surface area contributed by atoms with E-state index >= 15 is 0 Å². The van der Waals surface area contributed by atoms with Gasteiger partial charge >= 0.3 is 0 Å². The summed E-state index contributed by atoms with van der Waals surface area (Å²) in [4.78, 5) is 30.8. The number of fused-ring (bicyclic) bond motifs is 1. The second kappa shape index (κ2) is 11.4. The van der Waals surface area contributed by atoms with Crippen LogP contribution in [0.3, 0.4) is 0 Å². The summed E-state index contributed by atoms with van der Waals surface area (Å²) in [7, 11) is 5.56. The van der Waals surface area contributed by atoms with Crippen LogP contribution in [0.5, 0.6) is 0 Å². The number of rotatable bonds is 7. The Labute approximate surface area is 228 Å². The predicted molar refractivity (Wildman–Crippen MR) is 156 cm³/mol. The van der Waals surface area contributed by atoms with Crippen LogP contribution < -0.4 is 10.6 Å². The van der Waals surface area contributed by atoms with Gasteiger partial charge in [0.2, 0.25) is 0 Å². The average Bonchev–Trinajstić information content (AvgIpc) is 2.87. The molecule has 0 bridgehead atoms. The van der Waals surface area contributed by atoms with Crippen molar-refractivity contribution < 1.29 is 9.59 Å². The van der Waals surface area contributed by atoms with E-state index in [0.717, 1.165) is 27.6 Å². The molecule has 0 atom stereocenters. The molecule has 0 unspecified atom stereocenters. The summed E-state index contributed by atoms with van der Waals surface area (Å²) in [6, 6.07) is 19.7. The van der Waals surface area contributed by atoms with Crippen LogP contribution in [0.25, 0.3) is 22.2 Å². The Kier molecular flexibility index (Phi) is 8.08. The maximum atomic E-state index is 13.5. The highest BCUT2D eigenvalue weighted by molar-refractivity contribution is 6.33. The van der Waals surface area contributed by atoms with E-state index in [-0.39, 0.29) is 24.1 Å². The summed E-state index contributed by atoms with van der Waals surface area (Å²) in [6.07, 6.45) is 1.49. The number of amides is 2.